The number of nitrogens with one attached hydrogen (secondary N) is 1. The van der Waals surface area contributed by atoms with Gasteiger partial charge in [-0.15, -0.1) is 10.2 Å². The number of rotatable bonds is 7. The zero-order chi connectivity index (χ0) is 20.2. The van der Waals surface area contributed by atoms with Crippen molar-refractivity contribution >= 4 is 11.8 Å². The van der Waals surface area contributed by atoms with E-state index in [0.29, 0.717) is 18.5 Å². The van der Waals surface area contributed by atoms with Crippen LogP contribution in [0, 0.1) is 0 Å². The maximum Gasteiger partial charge on any atom is 0.224 e. The van der Waals surface area contributed by atoms with Gasteiger partial charge in [0.25, 0.3) is 0 Å². The molecule has 29 heavy (non-hydrogen) atoms. The van der Waals surface area contributed by atoms with E-state index in [1.54, 1.807) is 19.6 Å². The smallest absolute Gasteiger partial charge is 0.224 e. The number of ether oxygens (including phenoxy) is 1. The van der Waals surface area contributed by atoms with Gasteiger partial charge in [0.2, 0.25) is 5.95 Å². The first-order valence-electron chi connectivity index (χ1n) is 9.61. The molecule has 0 spiro atoms. The summed E-state index contributed by atoms with van der Waals surface area (Å²) in [6.45, 7) is 2.14. The fraction of sp³-hybridized carbons (Fsp3) is 0.400. The summed E-state index contributed by atoms with van der Waals surface area (Å²) in [4.78, 5) is 13.5. The Hall–Kier alpha value is -3.04. The summed E-state index contributed by atoms with van der Waals surface area (Å²) in [5.41, 5.74) is 1.02. The molecule has 0 radical (unpaired) electrons. The lowest BCUT2D eigenvalue weighted by Crippen LogP contribution is -2.39. The molecule has 2 atom stereocenters. The van der Waals surface area contributed by atoms with E-state index in [9.17, 15) is 0 Å². The molecular weight excluding hydrogens is 368 g/mol. The largest absolute Gasteiger partial charge is 0.378 e. The van der Waals surface area contributed by atoms with Crippen molar-refractivity contribution in [2.45, 2.75) is 18.7 Å². The summed E-state index contributed by atoms with van der Waals surface area (Å²) in [7, 11) is 5.92. The summed E-state index contributed by atoms with van der Waals surface area (Å²) in [5, 5.41) is 11.5. The first kappa shape index (κ1) is 19.3. The fourth-order valence-corrected chi connectivity index (χ4v) is 3.62. The van der Waals surface area contributed by atoms with Gasteiger partial charge in [0.1, 0.15) is 12.1 Å². The molecule has 0 aliphatic carbocycles. The molecule has 2 aromatic heterocycles. The molecule has 152 valence electrons. The van der Waals surface area contributed by atoms with Gasteiger partial charge < -0.3 is 19.9 Å². The number of para-hydroxylation sites is 1. The van der Waals surface area contributed by atoms with Gasteiger partial charge in [-0.2, -0.15) is 4.98 Å². The van der Waals surface area contributed by atoms with Crippen molar-refractivity contribution in [3.8, 4) is 5.69 Å². The molecule has 1 fully saturated rings. The number of benzene rings is 1. The summed E-state index contributed by atoms with van der Waals surface area (Å²) in [6.07, 6.45) is 3.64. The summed E-state index contributed by atoms with van der Waals surface area (Å²) < 4.78 is 7.60. The number of hydrogen-bond acceptors (Lipinski definition) is 8. The minimum absolute atomic E-state index is 0.154. The van der Waals surface area contributed by atoms with Crippen molar-refractivity contribution < 1.29 is 4.74 Å². The van der Waals surface area contributed by atoms with Crippen LogP contribution in [0.25, 0.3) is 5.69 Å². The normalized spacial score (nSPS) is 19.1. The van der Waals surface area contributed by atoms with Crippen LogP contribution in [0.5, 0.6) is 0 Å². The fourth-order valence-electron chi connectivity index (χ4n) is 3.62. The third-order valence-electron chi connectivity index (χ3n) is 5.23. The van der Waals surface area contributed by atoms with E-state index in [-0.39, 0.29) is 6.10 Å². The number of nitrogens with zero attached hydrogens (tertiary/aromatic N) is 7. The van der Waals surface area contributed by atoms with Crippen LogP contribution in [-0.2, 0) is 11.3 Å². The SMILES string of the molecule is CO[C@@H]1CN(c2ccnc(NCc3nncn3-c3ccccc3)n2)C[C@@H]1N(C)C. The number of methoxy groups -OCH3 is 1. The first-order chi connectivity index (χ1) is 14.2. The van der Waals surface area contributed by atoms with Crippen LogP contribution in [0.4, 0.5) is 11.8 Å². The van der Waals surface area contributed by atoms with Gasteiger partial charge in [0, 0.05) is 32.1 Å². The quantitative estimate of drug-likeness (QED) is 0.644. The molecule has 3 aromatic rings. The Morgan fingerprint density at radius 1 is 1.17 bits per heavy atom. The highest BCUT2D eigenvalue weighted by atomic mass is 16.5. The maximum atomic E-state index is 5.66. The second-order valence-corrected chi connectivity index (χ2v) is 7.25. The third kappa shape index (κ3) is 4.20. The van der Waals surface area contributed by atoms with Gasteiger partial charge in [-0.05, 0) is 32.3 Å². The number of anilines is 2. The van der Waals surface area contributed by atoms with E-state index in [1.807, 2.05) is 41.0 Å². The predicted octanol–water partition coefficient (Wildman–Crippen LogP) is 1.43. The molecule has 1 N–H and O–H groups in total. The summed E-state index contributed by atoms with van der Waals surface area (Å²) >= 11 is 0. The second-order valence-electron chi connectivity index (χ2n) is 7.25. The number of hydrogen-bond donors (Lipinski definition) is 1. The van der Waals surface area contributed by atoms with Crippen molar-refractivity contribution in [3.63, 3.8) is 0 Å². The highest BCUT2D eigenvalue weighted by Crippen LogP contribution is 2.23. The highest BCUT2D eigenvalue weighted by molar-refractivity contribution is 5.44. The van der Waals surface area contributed by atoms with E-state index < -0.39 is 0 Å². The van der Waals surface area contributed by atoms with E-state index in [0.717, 1.165) is 30.4 Å². The second kappa shape index (κ2) is 8.54. The molecule has 0 bridgehead atoms. The molecule has 9 nitrogen and oxygen atoms in total. The van der Waals surface area contributed by atoms with Gasteiger partial charge in [-0.1, -0.05) is 18.2 Å². The van der Waals surface area contributed by atoms with Crippen molar-refractivity contribution in [3.05, 3.63) is 54.7 Å². The zero-order valence-corrected chi connectivity index (χ0v) is 16.9. The molecule has 9 heteroatoms. The van der Waals surface area contributed by atoms with Crippen LogP contribution < -0.4 is 10.2 Å². The highest BCUT2D eigenvalue weighted by Gasteiger charge is 2.35. The Morgan fingerprint density at radius 3 is 2.72 bits per heavy atom. The average molecular weight is 394 g/mol. The number of likely N-dealkylation sites (N-methyl/N-ethyl adjacent to an activating group) is 1. The standard InChI is InChI=1S/C20H26N8O/c1-26(2)16-12-27(13-17(16)29-3)18-9-10-21-20(24-18)22-11-19-25-23-14-28(19)15-7-5-4-6-8-15/h4-10,14,16-17H,11-13H2,1-3H3,(H,21,22,24)/t16-,17+/m0/s1. The average Bonchev–Trinajstić information content (AvgIpc) is 3.40. The van der Waals surface area contributed by atoms with Gasteiger partial charge >= 0.3 is 0 Å². The Kier molecular flexibility index (Phi) is 5.68. The molecule has 3 heterocycles. The maximum absolute atomic E-state index is 5.66. The van der Waals surface area contributed by atoms with Gasteiger partial charge in [-0.25, -0.2) is 4.98 Å². The van der Waals surface area contributed by atoms with Crippen LogP contribution in [-0.4, -0.2) is 76.1 Å². The Bertz CT molecular complexity index is 929. The van der Waals surface area contributed by atoms with Gasteiger partial charge in [0.15, 0.2) is 5.82 Å². The molecule has 1 aliphatic heterocycles. The number of aromatic nitrogens is 5. The van der Waals surface area contributed by atoms with Crippen LogP contribution in [0.2, 0.25) is 0 Å². The molecule has 0 amide bonds. The molecule has 1 aromatic carbocycles. The van der Waals surface area contributed by atoms with E-state index in [1.165, 1.54) is 0 Å². The summed E-state index contributed by atoms with van der Waals surface area (Å²) in [6, 6.07) is 12.3. The Labute approximate surface area is 170 Å². The lowest BCUT2D eigenvalue weighted by molar-refractivity contribution is 0.0639. The molecule has 0 unspecified atom stereocenters. The van der Waals surface area contributed by atoms with Gasteiger partial charge in [-0.3, -0.25) is 4.57 Å². The minimum atomic E-state index is 0.154. The summed E-state index contributed by atoms with van der Waals surface area (Å²) in [5.74, 6) is 2.24. The Balaban J connectivity index is 1.45. The van der Waals surface area contributed by atoms with E-state index in [4.69, 9.17) is 9.72 Å². The molecule has 0 saturated carbocycles. The molecule has 1 saturated heterocycles. The van der Waals surface area contributed by atoms with Crippen molar-refractivity contribution in [1.82, 2.24) is 29.6 Å². The molecule has 4 rings (SSSR count). The van der Waals surface area contributed by atoms with E-state index in [2.05, 4.69) is 44.4 Å². The monoisotopic (exact) mass is 394 g/mol. The predicted molar refractivity (Wildman–Crippen MR) is 111 cm³/mol. The van der Waals surface area contributed by atoms with Crippen molar-refractivity contribution in [2.75, 3.05) is 44.5 Å². The minimum Gasteiger partial charge on any atom is -0.378 e. The topological polar surface area (TPSA) is 84.2 Å². The lowest BCUT2D eigenvalue weighted by atomic mass is 10.2. The van der Waals surface area contributed by atoms with Crippen LogP contribution in [0.1, 0.15) is 5.82 Å². The Morgan fingerprint density at radius 2 is 2.00 bits per heavy atom. The lowest BCUT2D eigenvalue weighted by Gasteiger charge is -2.23. The van der Waals surface area contributed by atoms with Crippen molar-refractivity contribution in [2.24, 2.45) is 0 Å². The van der Waals surface area contributed by atoms with Crippen LogP contribution in [0.15, 0.2) is 48.9 Å². The third-order valence-corrected chi connectivity index (χ3v) is 5.23. The van der Waals surface area contributed by atoms with E-state index >= 15 is 0 Å². The zero-order valence-electron chi connectivity index (χ0n) is 16.9. The van der Waals surface area contributed by atoms with Crippen LogP contribution in [0.3, 0.4) is 0 Å². The first-order valence-corrected chi connectivity index (χ1v) is 9.61. The van der Waals surface area contributed by atoms with Gasteiger partial charge in [0.05, 0.1) is 18.7 Å². The van der Waals surface area contributed by atoms with Crippen LogP contribution >= 0.6 is 0 Å². The molecular formula is C20H26N8O. The molecule has 1 aliphatic rings. The van der Waals surface area contributed by atoms with Crippen molar-refractivity contribution in [1.29, 1.82) is 0 Å².